The molecule has 0 radical (unpaired) electrons. The summed E-state index contributed by atoms with van der Waals surface area (Å²) in [5.41, 5.74) is 1.40. The molecule has 0 aliphatic carbocycles. The van der Waals surface area contributed by atoms with Gasteiger partial charge in [-0.3, -0.25) is 9.59 Å². The van der Waals surface area contributed by atoms with E-state index in [2.05, 4.69) is 16.6 Å². The van der Waals surface area contributed by atoms with Gasteiger partial charge in [0, 0.05) is 25.1 Å². The molecule has 0 spiro atoms. The Labute approximate surface area is 208 Å². The van der Waals surface area contributed by atoms with E-state index in [9.17, 15) is 14.4 Å². The number of benzene rings is 2. The van der Waals surface area contributed by atoms with Gasteiger partial charge in [-0.1, -0.05) is 48.4 Å². The molecule has 0 saturated heterocycles. The van der Waals surface area contributed by atoms with Gasteiger partial charge in [-0.05, 0) is 57.9 Å². The molecule has 2 rings (SSSR count). The second kappa shape index (κ2) is 12.1. The Kier molecular flexibility index (Phi) is 9.47. The van der Waals surface area contributed by atoms with Crippen LogP contribution < -0.4 is 10.6 Å². The Morgan fingerprint density at radius 1 is 1.00 bits per heavy atom. The van der Waals surface area contributed by atoms with Crippen molar-refractivity contribution in [3.63, 3.8) is 0 Å². The zero-order valence-corrected chi connectivity index (χ0v) is 21.3. The van der Waals surface area contributed by atoms with Gasteiger partial charge in [0.25, 0.3) is 0 Å². The van der Waals surface area contributed by atoms with Crippen LogP contribution >= 0.6 is 0 Å². The monoisotopic (exact) mass is 477 g/mol. The number of hydrogen-bond acceptors (Lipinski definition) is 4. The molecular weight excluding hydrogens is 442 g/mol. The highest BCUT2D eigenvalue weighted by Gasteiger charge is 2.34. The maximum absolute atomic E-state index is 13.7. The first kappa shape index (κ1) is 27.5. The number of carbonyl (C=O) groups is 3. The van der Waals surface area contributed by atoms with E-state index in [0.29, 0.717) is 11.1 Å². The third kappa shape index (κ3) is 8.49. The van der Waals surface area contributed by atoms with Gasteiger partial charge in [0.1, 0.15) is 17.7 Å². The number of terminal acetylenes is 1. The second-order valence-electron chi connectivity index (χ2n) is 9.67. The summed E-state index contributed by atoms with van der Waals surface area (Å²) in [4.78, 5) is 40.8. The maximum Gasteiger partial charge on any atom is 0.408 e. The van der Waals surface area contributed by atoms with Crippen LogP contribution in [0.15, 0.2) is 54.6 Å². The van der Waals surface area contributed by atoms with Crippen LogP contribution in [-0.2, 0) is 20.7 Å². The summed E-state index contributed by atoms with van der Waals surface area (Å²) in [6, 6.07) is 14.3. The van der Waals surface area contributed by atoms with Gasteiger partial charge in [0.15, 0.2) is 0 Å². The predicted molar refractivity (Wildman–Crippen MR) is 136 cm³/mol. The number of carbonyl (C=O) groups excluding carboxylic acids is 3. The first-order valence-corrected chi connectivity index (χ1v) is 11.6. The minimum absolute atomic E-state index is 0.126. The first-order chi connectivity index (χ1) is 16.4. The number of ether oxygens (including phenoxy) is 1. The number of amides is 3. The Bertz CT molecular complexity index is 1050. The van der Waals surface area contributed by atoms with Gasteiger partial charge in [-0.25, -0.2) is 4.79 Å². The van der Waals surface area contributed by atoms with Crippen molar-refractivity contribution in [1.29, 1.82) is 0 Å². The van der Waals surface area contributed by atoms with E-state index in [-0.39, 0.29) is 18.4 Å². The fraction of sp³-hybridized carbons (Fsp3) is 0.393. The summed E-state index contributed by atoms with van der Waals surface area (Å²) in [7, 11) is 1.55. The summed E-state index contributed by atoms with van der Waals surface area (Å²) in [6.45, 7) is 8.94. The lowest BCUT2D eigenvalue weighted by molar-refractivity contribution is -0.141. The molecule has 7 nitrogen and oxygen atoms in total. The van der Waals surface area contributed by atoms with Crippen LogP contribution in [0.5, 0.6) is 0 Å². The average molecular weight is 478 g/mol. The summed E-state index contributed by atoms with van der Waals surface area (Å²) < 4.78 is 5.39. The fourth-order valence-corrected chi connectivity index (χ4v) is 3.55. The molecule has 2 unspecified atom stereocenters. The Hall–Kier alpha value is -3.79. The van der Waals surface area contributed by atoms with Gasteiger partial charge in [0.2, 0.25) is 11.8 Å². The standard InChI is InChI=1S/C28H35N3O4/c1-8-20-14-16-22(17-15-20)24(25(32)29-19(2)3)31(7)26(33)23(18-21-12-10-9-11-13-21)30-27(34)35-28(4,5)6/h1,9-17,19,23-24H,18H2,2-7H3,(H,29,32)(H,30,34). The highest BCUT2D eigenvalue weighted by molar-refractivity contribution is 5.92. The molecule has 2 aromatic rings. The van der Waals surface area contributed by atoms with E-state index in [4.69, 9.17) is 11.2 Å². The lowest BCUT2D eigenvalue weighted by Crippen LogP contribution is -2.53. The SMILES string of the molecule is C#Cc1ccc(C(C(=O)NC(C)C)N(C)C(=O)C(Cc2ccccc2)NC(=O)OC(C)(C)C)cc1. The molecule has 0 bridgehead atoms. The molecule has 0 fully saturated rings. The number of likely N-dealkylation sites (N-methyl/N-ethyl adjacent to an activating group) is 1. The summed E-state index contributed by atoms with van der Waals surface area (Å²) in [5, 5.41) is 5.58. The first-order valence-electron chi connectivity index (χ1n) is 11.6. The third-order valence-electron chi connectivity index (χ3n) is 5.08. The molecule has 0 aliphatic rings. The smallest absolute Gasteiger partial charge is 0.408 e. The number of alkyl carbamates (subject to hydrolysis) is 1. The van der Waals surface area contributed by atoms with Crippen molar-refractivity contribution in [3.05, 3.63) is 71.3 Å². The molecule has 0 saturated carbocycles. The Morgan fingerprint density at radius 3 is 2.11 bits per heavy atom. The van der Waals surface area contributed by atoms with Crippen molar-refractivity contribution >= 4 is 17.9 Å². The van der Waals surface area contributed by atoms with Crippen molar-refractivity contribution in [3.8, 4) is 12.3 Å². The van der Waals surface area contributed by atoms with E-state index in [1.807, 2.05) is 44.2 Å². The zero-order chi connectivity index (χ0) is 26.2. The number of rotatable bonds is 8. The third-order valence-corrected chi connectivity index (χ3v) is 5.08. The number of nitrogens with zero attached hydrogens (tertiary/aromatic N) is 1. The van der Waals surface area contributed by atoms with Gasteiger partial charge in [-0.15, -0.1) is 6.42 Å². The number of nitrogens with one attached hydrogen (secondary N) is 2. The van der Waals surface area contributed by atoms with E-state index < -0.39 is 29.7 Å². The summed E-state index contributed by atoms with van der Waals surface area (Å²) >= 11 is 0. The molecule has 35 heavy (non-hydrogen) atoms. The molecule has 0 aromatic heterocycles. The molecule has 0 heterocycles. The highest BCUT2D eigenvalue weighted by Crippen LogP contribution is 2.22. The van der Waals surface area contributed by atoms with E-state index in [1.165, 1.54) is 4.90 Å². The van der Waals surface area contributed by atoms with Crippen LogP contribution in [-0.4, -0.2) is 47.5 Å². The largest absolute Gasteiger partial charge is 0.444 e. The van der Waals surface area contributed by atoms with Gasteiger partial charge in [0.05, 0.1) is 0 Å². The normalized spacial score (nSPS) is 12.7. The van der Waals surface area contributed by atoms with Crippen LogP contribution in [0.3, 0.4) is 0 Å². The van der Waals surface area contributed by atoms with Crippen LogP contribution in [0, 0.1) is 12.3 Å². The van der Waals surface area contributed by atoms with Crippen LogP contribution in [0.2, 0.25) is 0 Å². The number of hydrogen-bond donors (Lipinski definition) is 2. The van der Waals surface area contributed by atoms with E-state index in [0.717, 1.165) is 5.56 Å². The van der Waals surface area contributed by atoms with Crippen LogP contribution in [0.25, 0.3) is 0 Å². The molecule has 2 N–H and O–H groups in total. The second-order valence-corrected chi connectivity index (χ2v) is 9.67. The van der Waals surface area contributed by atoms with Gasteiger partial charge < -0.3 is 20.3 Å². The van der Waals surface area contributed by atoms with Crippen molar-refractivity contribution < 1.29 is 19.1 Å². The molecule has 2 aromatic carbocycles. The van der Waals surface area contributed by atoms with E-state index in [1.54, 1.807) is 52.1 Å². The minimum Gasteiger partial charge on any atom is -0.444 e. The molecule has 7 heteroatoms. The van der Waals surface area contributed by atoms with Crippen LogP contribution in [0.1, 0.15) is 57.4 Å². The molecule has 0 aliphatic heterocycles. The van der Waals surface area contributed by atoms with Gasteiger partial charge in [-0.2, -0.15) is 0 Å². The summed E-state index contributed by atoms with van der Waals surface area (Å²) in [6.07, 6.45) is 4.99. The predicted octanol–water partition coefficient (Wildman–Crippen LogP) is 3.83. The lowest BCUT2D eigenvalue weighted by atomic mass is 10.00. The minimum atomic E-state index is -0.948. The Morgan fingerprint density at radius 2 is 1.60 bits per heavy atom. The van der Waals surface area contributed by atoms with Crippen molar-refractivity contribution in [2.45, 2.75) is 64.8 Å². The van der Waals surface area contributed by atoms with Crippen molar-refractivity contribution in [1.82, 2.24) is 15.5 Å². The van der Waals surface area contributed by atoms with E-state index >= 15 is 0 Å². The molecule has 3 amide bonds. The topological polar surface area (TPSA) is 87.7 Å². The van der Waals surface area contributed by atoms with Crippen molar-refractivity contribution in [2.75, 3.05) is 7.05 Å². The van der Waals surface area contributed by atoms with Crippen LogP contribution in [0.4, 0.5) is 4.79 Å². The van der Waals surface area contributed by atoms with Gasteiger partial charge >= 0.3 is 6.09 Å². The molecule has 186 valence electrons. The Balaban J connectivity index is 2.40. The highest BCUT2D eigenvalue weighted by atomic mass is 16.6. The fourth-order valence-electron chi connectivity index (χ4n) is 3.55. The summed E-state index contributed by atoms with van der Waals surface area (Å²) in [5.74, 6) is 1.79. The zero-order valence-electron chi connectivity index (χ0n) is 21.3. The van der Waals surface area contributed by atoms with Crippen molar-refractivity contribution in [2.24, 2.45) is 0 Å². The molecular formula is C28H35N3O4. The lowest BCUT2D eigenvalue weighted by Gasteiger charge is -2.32. The quantitative estimate of drug-likeness (QED) is 0.566. The average Bonchev–Trinajstić information content (AvgIpc) is 2.77. The molecule has 2 atom stereocenters. The maximum atomic E-state index is 13.7.